The molecular formula is C22H18F2N2O5S. The molecule has 1 N–H and O–H groups in total. The molecule has 0 bridgehead atoms. The highest BCUT2D eigenvalue weighted by molar-refractivity contribution is 7.92. The van der Waals surface area contributed by atoms with Crippen molar-refractivity contribution in [2.45, 2.75) is 4.90 Å². The quantitative estimate of drug-likeness (QED) is 0.544. The summed E-state index contributed by atoms with van der Waals surface area (Å²) in [6.07, 6.45) is 0. The Hall–Kier alpha value is -3.79. The summed E-state index contributed by atoms with van der Waals surface area (Å²) in [6, 6.07) is 16.0. The van der Waals surface area contributed by atoms with Gasteiger partial charge < -0.3 is 10.1 Å². The number of anilines is 2. The topological polar surface area (TPSA) is 92.8 Å². The van der Waals surface area contributed by atoms with Gasteiger partial charge in [0.15, 0.2) is 6.61 Å². The Labute approximate surface area is 183 Å². The van der Waals surface area contributed by atoms with Crippen LogP contribution in [0.25, 0.3) is 0 Å². The van der Waals surface area contributed by atoms with Crippen molar-refractivity contribution in [2.24, 2.45) is 0 Å². The van der Waals surface area contributed by atoms with Crippen LogP contribution in [-0.2, 0) is 19.6 Å². The lowest BCUT2D eigenvalue weighted by atomic mass is 10.2. The van der Waals surface area contributed by atoms with Crippen LogP contribution >= 0.6 is 0 Å². The summed E-state index contributed by atoms with van der Waals surface area (Å²) in [7, 11) is -2.44. The lowest BCUT2D eigenvalue weighted by Gasteiger charge is -2.19. The number of halogens is 2. The summed E-state index contributed by atoms with van der Waals surface area (Å²) in [4.78, 5) is 23.9. The highest BCUT2D eigenvalue weighted by Crippen LogP contribution is 2.22. The van der Waals surface area contributed by atoms with Gasteiger partial charge in [0.2, 0.25) is 0 Å². The summed E-state index contributed by atoms with van der Waals surface area (Å²) in [6.45, 7) is -0.744. The van der Waals surface area contributed by atoms with Crippen LogP contribution in [0.3, 0.4) is 0 Å². The molecule has 0 saturated heterocycles. The number of carbonyl (C=O) groups excluding carboxylic acids is 2. The van der Waals surface area contributed by atoms with Gasteiger partial charge in [-0.1, -0.05) is 18.2 Å². The van der Waals surface area contributed by atoms with Crippen LogP contribution in [0.4, 0.5) is 20.2 Å². The third-order valence-corrected chi connectivity index (χ3v) is 6.20. The highest BCUT2D eigenvalue weighted by Gasteiger charge is 2.22. The van der Waals surface area contributed by atoms with Crippen molar-refractivity contribution in [1.29, 1.82) is 0 Å². The number of amides is 1. The summed E-state index contributed by atoms with van der Waals surface area (Å²) in [5, 5.41) is 2.10. The number of carbonyl (C=O) groups is 2. The zero-order valence-corrected chi connectivity index (χ0v) is 17.6. The van der Waals surface area contributed by atoms with E-state index in [9.17, 15) is 26.8 Å². The minimum absolute atomic E-state index is 0.0102. The molecule has 3 aromatic rings. The van der Waals surface area contributed by atoms with Crippen LogP contribution in [0, 0.1) is 11.6 Å². The van der Waals surface area contributed by atoms with Gasteiger partial charge in [-0.05, 0) is 48.5 Å². The van der Waals surface area contributed by atoms with Gasteiger partial charge in [-0.25, -0.2) is 22.0 Å². The van der Waals surface area contributed by atoms with Crippen molar-refractivity contribution in [1.82, 2.24) is 0 Å². The molecule has 7 nitrogen and oxygen atoms in total. The third-order valence-electron chi connectivity index (χ3n) is 4.41. The number of ether oxygens (including phenoxy) is 1. The lowest BCUT2D eigenvalue weighted by Crippen LogP contribution is -2.26. The number of para-hydroxylation sites is 1. The van der Waals surface area contributed by atoms with E-state index in [-0.39, 0.29) is 16.1 Å². The molecule has 0 aliphatic heterocycles. The van der Waals surface area contributed by atoms with Crippen molar-refractivity contribution in [3.63, 3.8) is 0 Å². The average molecular weight is 460 g/mol. The smallest absolute Gasteiger partial charge is 0.338 e. The Morgan fingerprint density at radius 2 is 1.62 bits per heavy atom. The first kappa shape index (κ1) is 22.9. The van der Waals surface area contributed by atoms with Crippen LogP contribution in [0.1, 0.15) is 10.4 Å². The normalized spacial score (nSPS) is 11.0. The van der Waals surface area contributed by atoms with E-state index >= 15 is 0 Å². The maximum Gasteiger partial charge on any atom is 0.338 e. The molecule has 32 heavy (non-hydrogen) atoms. The molecule has 166 valence electrons. The maximum absolute atomic E-state index is 13.6. The van der Waals surface area contributed by atoms with E-state index in [1.165, 1.54) is 31.3 Å². The molecule has 3 rings (SSSR count). The minimum Gasteiger partial charge on any atom is -0.452 e. The number of hydrogen-bond donors (Lipinski definition) is 1. The zero-order valence-electron chi connectivity index (χ0n) is 16.8. The van der Waals surface area contributed by atoms with Crippen molar-refractivity contribution in [3.8, 4) is 0 Å². The Bertz CT molecular complexity index is 1230. The van der Waals surface area contributed by atoms with E-state index < -0.39 is 40.1 Å². The molecule has 10 heteroatoms. The van der Waals surface area contributed by atoms with E-state index in [1.54, 1.807) is 30.3 Å². The van der Waals surface area contributed by atoms with Gasteiger partial charge in [0.1, 0.15) is 11.6 Å². The first-order valence-corrected chi connectivity index (χ1v) is 10.7. The Balaban J connectivity index is 1.62. The van der Waals surface area contributed by atoms with Crippen molar-refractivity contribution >= 4 is 33.3 Å². The summed E-state index contributed by atoms with van der Waals surface area (Å²) in [5.41, 5.74) is 0.0935. The van der Waals surface area contributed by atoms with E-state index in [0.717, 1.165) is 22.5 Å². The van der Waals surface area contributed by atoms with E-state index in [0.29, 0.717) is 5.69 Å². The average Bonchev–Trinajstić information content (AvgIpc) is 2.80. The lowest BCUT2D eigenvalue weighted by molar-refractivity contribution is -0.119. The fourth-order valence-electron chi connectivity index (χ4n) is 2.69. The predicted octanol–water partition coefficient (Wildman–Crippen LogP) is 3.59. The van der Waals surface area contributed by atoms with Gasteiger partial charge in [0.05, 0.1) is 21.8 Å². The molecule has 0 aromatic heterocycles. The van der Waals surface area contributed by atoms with Gasteiger partial charge in [-0.3, -0.25) is 9.10 Å². The zero-order chi connectivity index (χ0) is 23.3. The number of nitrogens with zero attached hydrogens (tertiary/aromatic N) is 1. The van der Waals surface area contributed by atoms with E-state index in [1.807, 2.05) is 0 Å². The summed E-state index contributed by atoms with van der Waals surface area (Å²) in [5.74, 6) is -3.35. The van der Waals surface area contributed by atoms with Crippen LogP contribution in [0.5, 0.6) is 0 Å². The standard InChI is InChI=1S/C22H18F2N2O5S/c1-26(17-5-3-2-4-6-17)32(29,30)18-10-7-15(8-11-18)22(28)31-14-21(27)25-20-13-16(23)9-12-19(20)24/h2-13H,14H2,1H3,(H,25,27). The number of rotatable bonds is 7. The second-order valence-electron chi connectivity index (χ2n) is 6.58. The highest BCUT2D eigenvalue weighted by atomic mass is 32.2. The van der Waals surface area contributed by atoms with Gasteiger partial charge in [0.25, 0.3) is 15.9 Å². The molecule has 1 amide bonds. The molecule has 0 fully saturated rings. The Kier molecular flexibility index (Phi) is 6.84. The second kappa shape index (κ2) is 9.56. The third kappa shape index (κ3) is 5.27. The molecule has 0 radical (unpaired) electrons. The minimum atomic E-state index is -3.85. The summed E-state index contributed by atoms with van der Waals surface area (Å²) < 4.78 is 58.2. The SMILES string of the molecule is CN(c1ccccc1)S(=O)(=O)c1ccc(C(=O)OCC(=O)Nc2cc(F)ccc2F)cc1. The number of sulfonamides is 1. The molecular weight excluding hydrogens is 442 g/mol. The second-order valence-corrected chi connectivity index (χ2v) is 8.55. The molecule has 0 atom stereocenters. The monoisotopic (exact) mass is 460 g/mol. The maximum atomic E-state index is 13.6. The van der Waals surface area contributed by atoms with E-state index in [4.69, 9.17) is 4.74 Å². The molecule has 0 aliphatic rings. The van der Waals surface area contributed by atoms with Crippen LogP contribution < -0.4 is 9.62 Å². The molecule has 0 spiro atoms. The largest absolute Gasteiger partial charge is 0.452 e. The predicted molar refractivity (Wildman–Crippen MR) is 114 cm³/mol. The van der Waals surface area contributed by atoms with Crippen molar-refractivity contribution in [3.05, 3.63) is 90.0 Å². The first-order chi connectivity index (χ1) is 15.2. The van der Waals surface area contributed by atoms with Gasteiger partial charge in [-0.2, -0.15) is 0 Å². The summed E-state index contributed by atoms with van der Waals surface area (Å²) >= 11 is 0. The molecule has 0 aliphatic carbocycles. The number of hydrogen-bond acceptors (Lipinski definition) is 5. The van der Waals surface area contributed by atoms with Crippen LogP contribution in [-0.4, -0.2) is 33.9 Å². The van der Waals surface area contributed by atoms with E-state index in [2.05, 4.69) is 5.32 Å². The number of esters is 1. The van der Waals surface area contributed by atoms with Crippen LogP contribution in [0.15, 0.2) is 77.7 Å². The van der Waals surface area contributed by atoms with Crippen molar-refractivity contribution < 1.29 is 31.5 Å². The fraction of sp³-hybridized carbons (Fsp3) is 0.0909. The number of nitrogens with one attached hydrogen (secondary N) is 1. The van der Waals surface area contributed by atoms with Crippen LogP contribution in [0.2, 0.25) is 0 Å². The molecule has 0 saturated carbocycles. The van der Waals surface area contributed by atoms with Gasteiger partial charge in [0, 0.05) is 13.1 Å². The Morgan fingerprint density at radius 3 is 2.28 bits per heavy atom. The molecule has 0 unspecified atom stereocenters. The molecule has 0 heterocycles. The first-order valence-electron chi connectivity index (χ1n) is 9.24. The number of benzene rings is 3. The van der Waals surface area contributed by atoms with Gasteiger partial charge in [-0.15, -0.1) is 0 Å². The van der Waals surface area contributed by atoms with Crippen molar-refractivity contribution in [2.75, 3.05) is 23.3 Å². The fourth-order valence-corrected chi connectivity index (χ4v) is 3.89. The molecule has 3 aromatic carbocycles. The Morgan fingerprint density at radius 1 is 0.969 bits per heavy atom. The van der Waals surface area contributed by atoms with Gasteiger partial charge >= 0.3 is 5.97 Å².